The number of aliphatic hydroxyl groups excluding tert-OH is 1. The monoisotopic (exact) mass is 463 g/mol. The Hall–Kier alpha value is -3.14. The number of carbonyl (C=O) groups excluding carboxylic acids is 2. The van der Waals surface area contributed by atoms with Gasteiger partial charge in [-0.15, -0.1) is 11.3 Å². The minimum atomic E-state index is -0.619. The molecule has 0 spiro atoms. The number of amides is 1. The van der Waals surface area contributed by atoms with Crippen LogP contribution in [0.3, 0.4) is 0 Å². The summed E-state index contributed by atoms with van der Waals surface area (Å²) in [5.41, 5.74) is 0.965. The number of nitrogens with zero attached hydrogens (tertiary/aromatic N) is 1. The van der Waals surface area contributed by atoms with E-state index in [0.717, 1.165) is 16.9 Å². The first-order chi connectivity index (χ1) is 16.0. The predicted octanol–water partition coefficient (Wildman–Crippen LogP) is 4.53. The van der Waals surface area contributed by atoms with Gasteiger partial charge in [-0.1, -0.05) is 55.2 Å². The first-order valence-electron chi connectivity index (χ1n) is 11.0. The molecule has 1 aromatic carbocycles. The van der Waals surface area contributed by atoms with Crippen LogP contribution < -0.4 is 0 Å². The number of rotatable bonds is 8. The van der Waals surface area contributed by atoms with Gasteiger partial charge in [-0.2, -0.15) is 0 Å². The van der Waals surface area contributed by atoms with Gasteiger partial charge in [0.1, 0.15) is 4.88 Å². The highest BCUT2D eigenvalue weighted by Gasteiger charge is 2.28. The summed E-state index contributed by atoms with van der Waals surface area (Å²) >= 11 is 1.35. The van der Waals surface area contributed by atoms with E-state index in [9.17, 15) is 14.7 Å². The Morgan fingerprint density at radius 2 is 2.09 bits per heavy atom. The summed E-state index contributed by atoms with van der Waals surface area (Å²) in [4.78, 5) is 27.2. The van der Waals surface area contributed by atoms with Crippen LogP contribution in [0.4, 0.5) is 0 Å². The second-order valence-electron chi connectivity index (χ2n) is 7.97. The van der Waals surface area contributed by atoms with Crippen LogP contribution in [0.25, 0.3) is 6.08 Å². The van der Waals surface area contributed by atoms with E-state index in [1.54, 1.807) is 12.1 Å². The van der Waals surface area contributed by atoms with E-state index in [4.69, 9.17) is 4.74 Å². The molecule has 5 nitrogen and oxygen atoms in total. The van der Waals surface area contributed by atoms with Gasteiger partial charge in [-0.05, 0) is 42.7 Å². The van der Waals surface area contributed by atoms with Gasteiger partial charge in [0.2, 0.25) is 5.91 Å². The maximum atomic E-state index is 12.3. The van der Waals surface area contributed by atoms with Crippen LogP contribution in [-0.4, -0.2) is 47.7 Å². The number of aliphatic hydroxyl groups is 1. The fourth-order valence-electron chi connectivity index (χ4n) is 3.52. The summed E-state index contributed by atoms with van der Waals surface area (Å²) in [6, 6.07) is 13.3. The Morgan fingerprint density at radius 1 is 1.30 bits per heavy atom. The van der Waals surface area contributed by atoms with Crippen molar-refractivity contribution in [3.05, 3.63) is 76.0 Å². The summed E-state index contributed by atoms with van der Waals surface area (Å²) < 4.78 is 4.73. The lowest BCUT2D eigenvalue weighted by molar-refractivity contribution is -0.127. The van der Waals surface area contributed by atoms with Crippen molar-refractivity contribution >= 4 is 29.3 Å². The molecule has 1 N–H and O–H groups in total. The molecule has 1 aromatic heterocycles. The molecule has 0 radical (unpaired) electrons. The van der Waals surface area contributed by atoms with Crippen molar-refractivity contribution in [3.63, 3.8) is 0 Å². The van der Waals surface area contributed by atoms with Gasteiger partial charge in [-0.25, -0.2) is 4.79 Å². The van der Waals surface area contributed by atoms with Gasteiger partial charge in [0.15, 0.2) is 0 Å². The zero-order chi connectivity index (χ0) is 23.6. The van der Waals surface area contributed by atoms with E-state index in [0.29, 0.717) is 24.3 Å². The molecule has 1 unspecified atom stereocenters. The number of hydrogen-bond acceptors (Lipinski definition) is 5. The smallest absolute Gasteiger partial charge is 0.348 e. The average Bonchev–Trinajstić information content (AvgIpc) is 3.44. The number of carbonyl (C=O) groups is 2. The Labute approximate surface area is 199 Å². The molecular formula is C27H29NO4S. The van der Waals surface area contributed by atoms with Crippen molar-refractivity contribution in [2.75, 3.05) is 13.7 Å². The van der Waals surface area contributed by atoms with Gasteiger partial charge in [0.05, 0.1) is 19.3 Å². The van der Waals surface area contributed by atoms with E-state index in [2.05, 4.69) is 11.8 Å². The number of ether oxygens (including phenoxy) is 1. The van der Waals surface area contributed by atoms with Crippen LogP contribution in [0.1, 0.15) is 46.3 Å². The van der Waals surface area contributed by atoms with Crippen molar-refractivity contribution in [2.24, 2.45) is 5.92 Å². The highest BCUT2D eigenvalue weighted by Crippen LogP contribution is 2.22. The van der Waals surface area contributed by atoms with E-state index in [1.807, 2.05) is 66.4 Å². The quantitative estimate of drug-likeness (QED) is 0.355. The highest BCUT2D eigenvalue weighted by molar-refractivity contribution is 7.14. The summed E-state index contributed by atoms with van der Waals surface area (Å²) in [6.45, 7) is 2.45. The van der Waals surface area contributed by atoms with E-state index in [-0.39, 0.29) is 23.8 Å². The Morgan fingerprint density at radius 3 is 2.85 bits per heavy atom. The maximum absolute atomic E-state index is 12.3. The average molecular weight is 464 g/mol. The van der Waals surface area contributed by atoms with E-state index in [1.165, 1.54) is 18.4 Å². The molecule has 1 aliphatic rings. The summed E-state index contributed by atoms with van der Waals surface area (Å²) in [5.74, 6) is 6.00. The molecule has 172 valence electrons. The highest BCUT2D eigenvalue weighted by atomic mass is 32.1. The fraction of sp³-hybridized carbons (Fsp3) is 0.333. The van der Waals surface area contributed by atoms with E-state index >= 15 is 0 Å². The van der Waals surface area contributed by atoms with Crippen LogP contribution in [0.2, 0.25) is 0 Å². The van der Waals surface area contributed by atoms with Crippen molar-refractivity contribution in [2.45, 2.75) is 38.3 Å². The molecule has 1 aliphatic heterocycles. The first-order valence-corrected chi connectivity index (χ1v) is 11.8. The van der Waals surface area contributed by atoms with Crippen LogP contribution in [0.15, 0.2) is 60.7 Å². The lowest BCUT2D eigenvalue weighted by Gasteiger charge is -2.21. The van der Waals surface area contributed by atoms with Gasteiger partial charge in [-0.3, -0.25) is 4.79 Å². The number of esters is 1. The van der Waals surface area contributed by atoms with Crippen molar-refractivity contribution in [1.82, 2.24) is 4.90 Å². The molecule has 6 heteroatoms. The van der Waals surface area contributed by atoms with Crippen LogP contribution >= 0.6 is 11.3 Å². The summed E-state index contributed by atoms with van der Waals surface area (Å²) in [7, 11) is 1.36. The maximum Gasteiger partial charge on any atom is 0.348 e. The third-order valence-electron chi connectivity index (χ3n) is 5.52. The number of likely N-dealkylation sites (tertiary alicyclic amines) is 1. The number of hydrogen-bond donors (Lipinski definition) is 1. The van der Waals surface area contributed by atoms with Gasteiger partial charge in [0.25, 0.3) is 0 Å². The molecule has 2 aromatic rings. The Bertz CT molecular complexity index is 1060. The number of benzene rings is 1. The fourth-order valence-corrected chi connectivity index (χ4v) is 4.37. The molecule has 33 heavy (non-hydrogen) atoms. The molecule has 1 fully saturated rings. The SMILES string of the molecule is COC(=O)c1ccc(C=CCN2C(=O)CCC2C=C[C@@H](O)[C@@H](C)CC#Cc2ccccc2)s1. The minimum Gasteiger partial charge on any atom is -0.465 e. The zero-order valence-corrected chi connectivity index (χ0v) is 19.8. The van der Waals surface area contributed by atoms with Gasteiger partial charge >= 0.3 is 5.97 Å². The lowest BCUT2D eigenvalue weighted by atomic mass is 9.99. The largest absolute Gasteiger partial charge is 0.465 e. The Balaban J connectivity index is 1.52. The van der Waals surface area contributed by atoms with E-state index < -0.39 is 6.10 Å². The number of methoxy groups -OCH3 is 1. The topological polar surface area (TPSA) is 66.8 Å². The second kappa shape index (κ2) is 12.2. The zero-order valence-electron chi connectivity index (χ0n) is 18.9. The molecule has 3 rings (SSSR count). The summed E-state index contributed by atoms with van der Waals surface area (Å²) in [5, 5.41) is 10.5. The summed E-state index contributed by atoms with van der Waals surface area (Å²) in [6.07, 6.45) is 8.77. The lowest BCUT2D eigenvalue weighted by Crippen LogP contribution is -2.32. The molecule has 1 saturated heterocycles. The van der Waals surface area contributed by atoms with Crippen molar-refractivity contribution in [3.8, 4) is 11.8 Å². The van der Waals surface area contributed by atoms with Crippen molar-refractivity contribution in [1.29, 1.82) is 0 Å². The predicted molar refractivity (Wildman–Crippen MR) is 132 cm³/mol. The third-order valence-corrected chi connectivity index (χ3v) is 6.55. The standard InChI is InChI=1S/C27H29NO4S/c1-20(8-6-11-21-9-4-3-5-10-21)24(29)16-13-22-14-18-26(30)28(22)19-7-12-23-15-17-25(33-23)27(31)32-2/h3-5,7,9-10,12-13,15-17,20,22,24,29H,8,14,18-19H2,1-2H3/t20-,22?,24+/m0/s1. The first kappa shape index (κ1) is 24.5. The van der Waals surface area contributed by atoms with Gasteiger partial charge in [0, 0.05) is 29.8 Å². The third kappa shape index (κ3) is 7.18. The van der Waals surface area contributed by atoms with Gasteiger partial charge < -0.3 is 14.7 Å². The molecule has 3 atom stereocenters. The van der Waals surface area contributed by atoms with Crippen LogP contribution in [0.5, 0.6) is 0 Å². The molecule has 1 amide bonds. The Kier molecular flexibility index (Phi) is 9.05. The molecular weight excluding hydrogens is 434 g/mol. The minimum absolute atomic E-state index is 0.00857. The molecule has 0 saturated carbocycles. The molecule has 0 bridgehead atoms. The second-order valence-corrected chi connectivity index (χ2v) is 9.09. The van der Waals surface area contributed by atoms with Crippen molar-refractivity contribution < 1.29 is 19.4 Å². The van der Waals surface area contributed by atoms with Crippen LogP contribution in [-0.2, 0) is 9.53 Å². The normalized spacial score (nSPS) is 17.8. The number of thiophene rings is 1. The molecule has 2 heterocycles. The molecule has 0 aliphatic carbocycles. The van der Waals surface area contributed by atoms with Crippen LogP contribution in [0, 0.1) is 17.8 Å².